The number of carbonyl (C=O) groups excluding carboxylic acids is 1. The quantitative estimate of drug-likeness (QED) is 0.436. The highest BCUT2D eigenvalue weighted by Crippen LogP contribution is 2.35. The second-order valence-corrected chi connectivity index (χ2v) is 8.05. The molecule has 0 spiro atoms. The minimum atomic E-state index is -0.921. The lowest BCUT2D eigenvalue weighted by atomic mass is 10.1. The van der Waals surface area contributed by atoms with E-state index in [9.17, 15) is 14.9 Å². The Hall–Kier alpha value is -3.21. The van der Waals surface area contributed by atoms with Gasteiger partial charge in [-0.05, 0) is 42.3 Å². The molecule has 2 aromatic carbocycles. The third kappa shape index (κ3) is 4.99. The van der Waals surface area contributed by atoms with Gasteiger partial charge in [-0.25, -0.2) is 0 Å². The molecule has 1 N–H and O–H groups in total. The highest BCUT2D eigenvalue weighted by atomic mass is 32.2. The summed E-state index contributed by atoms with van der Waals surface area (Å²) in [6, 6.07) is 16.5. The monoisotopic (exact) mass is 420 g/mol. The van der Waals surface area contributed by atoms with Gasteiger partial charge in [-0.3, -0.25) is 14.5 Å². The largest absolute Gasteiger partial charge is 0.481 e. The third-order valence-corrected chi connectivity index (χ3v) is 5.46. The Morgan fingerprint density at radius 2 is 1.86 bits per heavy atom. The number of carbonyl (C=O) groups is 2. The van der Waals surface area contributed by atoms with Crippen molar-refractivity contribution in [2.45, 2.75) is 13.3 Å². The molecule has 0 atom stereocenters. The summed E-state index contributed by atoms with van der Waals surface area (Å²) in [5.41, 5.74) is 3.54. The van der Waals surface area contributed by atoms with E-state index in [1.165, 1.54) is 11.0 Å². The maximum atomic E-state index is 12.8. The highest BCUT2D eigenvalue weighted by Gasteiger charge is 2.33. The maximum Gasteiger partial charge on any atom is 0.307 e. The van der Waals surface area contributed by atoms with Gasteiger partial charge in [0.2, 0.25) is 0 Å². The number of carboxylic acid groups (broad SMARTS) is 1. The number of aliphatic carboxylic acids is 1. The Labute approximate surface area is 178 Å². The zero-order chi connectivity index (χ0) is 21.0. The summed E-state index contributed by atoms with van der Waals surface area (Å²) in [6.45, 7) is 1.98. The summed E-state index contributed by atoms with van der Waals surface area (Å²) in [4.78, 5) is 25.4. The van der Waals surface area contributed by atoms with E-state index in [-0.39, 0.29) is 12.3 Å². The van der Waals surface area contributed by atoms with E-state index in [0.717, 1.165) is 22.9 Å². The molecule has 2 aromatic rings. The van der Waals surface area contributed by atoms with Crippen LogP contribution in [0, 0.1) is 18.3 Å². The van der Waals surface area contributed by atoms with E-state index in [1.807, 2.05) is 31.2 Å². The number of carboxylic acids is 1. The first kappa shape index (κ1) is 20.5. The van der Waals surface area contributed by atoms with Gasteiger partial charge < -0.3 is 5.11 Å². The zero-order valence-electron chi connectivity index (χ0n) is 15.5. The molecule has 1 aliphatic rings. The minimum Gasteiger partial charge on any atom is -0.481 e. The molecule has 5 nitrogen and oxygen atoms in total. The van der Waals surface area contributed by atoms with Gasteiger partial charge in [-0.2, -0.15) is 5.26 Å². The molecule has 0 aliphatic carbocycles. The molecule has 29 heavy (non-hydrogen) atoms. The van der Waals surface area contributed by atoms with Crippen molar-refractivity contribution in [1.82, 2.24) is 0 Å². The predicted molar refractivity (Wildman–Crippen MR) is 118 cm³/mol. The number of benzene rings is 2. The summed E-state index contributed by atoms with van der Waals surface area (Å²) < 4.78 is 0.361. The van der Waals surface area contributed by atoms with E-state index in [4.69, 9.17) is 17.3 Å². The molecular weight excluding hydrogens is 404 g/mol. The van der Waals surface area contributed by atoms with Crippen LogP contribution in [-0.4, -0.2) is 21.3 Å². The Bertz CT molecular complexity index is 1080. The van der Waals surface area contributed by atoms with Crippen molar-refractivity contribution in [2.24, 2.45) is 0 Å². The van der Waals surface area contributed by atoms with Crippen LogP contribution < -0.4 is 4.90 Å². The van der Waals surface area contributed by atoms with Crippen LogP contribution in [0.5, 0.6) is 0 Å². The summed E-state index contributed by atoms with van der Waals surface area (Å²) in [6.07, 6.45) is 3.17. The van der Waals surface area contributed by atoms with Gasteiger partial charge in [-0.1, -0.05) is 65.9 Å². The Morgan fingerprint density at radius 1 is 1.21 bits per heavy atom. The van der Waals surface area contributed by atoms with Crippen LogP contribution in [0.3, 0.4) is 0 Å². The van der Waals surface area contributed by atoms with Crippen molar-refractivity contribution in [3.8, 4) is 6.07 Å². The van der Waals surface area contributed by atoms with Crippen LogP contribution in [0.4, 0.5) is 5.69 Å². The molecule has 0 aromatic heterocycles. The normalized spacial score (nSPS) is 15.7. The molecule has 0 radical (unpaired) electrons. The lowest BCUT2D eigenvalue weighted by Crippen LogP contribution is -2.27. The number of anilines is 1. The van der Waals surface area contributed by atoms with Gasteiger partial charge in [0, 0.05) is 0 Å². The van der Waals surface area contributed by atoms with Crippen LogP contribution >= 0.6 is 24.0 Å². The number of hydrogen-bond donors (Lipinski definition) is 1. The lowest BCUT2D eigenvalue weighted by Gasteiger charge is -2.14. The number of rotatable bonds is 5. The molecule has 1 fully saturated rings. The molecule has 1 aliphatic heterocycles. The molecule has 144 valence electrons. The Kier molecular flexibility index (Phi) is 6.27. The van der Waals surface area contributed by atoms with Crippen molar-refractivity contribution in [3.63, 3.8) is 0 Å². The summed E-state index contributed by atoms with van der Waals surface area (Å²) in [7, 11) is 0. The molecule has 7 heteroatoms. The number of thiocarbonyl (C=S) groups is 1. The molecule has 1 amide bonds. The van der Waals surface area contributed by atoms with Gasteiger partial charge in [0.1, 0.15) is 0 Å². The van der Waals surface area contributed by atoms with Crippen LogP contribution in [0.1, 0.15) is 16.7 Å². The minimum absolute atomic E-state index is 0.0894. The van der Waals surface area contributed by atoms with Crippen LogP contribution in [0.2, 0.25) is 0 Å². The average Bonchev–Trinajstić information content (AvgIpc) is 2.96. The SMILES string of the molecule is Cc1ccc(/C=C(C#N)/C=C2\SC(=S)N(c3ccc(CC(=O)O)cc3)C2=O)cc1. The first-order valence-corrected chi connectivity index (χ1v) is 9.87. The number of nitrogens with zero attached hydrogens (tertiary/aromatic N) is 2. The fourth-order valence-electron chi connectivity index (χ4n) is 2.72. The maximum absolute atomic E-state index is 12.8. The van der Waals surface area contributed by atoms with Gasteiger partial charge >= 0.3 is 5.97 Å². The molecule has 1 saturated heterocycles. The Balaban J connectivity index is 1.84. The molecule has 0 bridgehead atoms. The number of hydrogen-bond acceptors (Lipinski definition) is 5. The van der Waals surface area contributed by atoms with Gasteiger partial charge in [0.25, 0.3) is 5.91 Å². The molecule has 3 rings (SSSR count). The average molecular weight is 421 g/mol. The highest BCUT2D eigenvalue weighted by molar-refractivity contribution is 8.27. The van der Waals surface area contributed by atoms with Gasteiger partial charge in [-0.15, -0.1) is 0 Å². The first-order chi connectivity index (χ1) is 13.9. The smallest absolute Gasteiger partial charge is 0.307 e. The molecular formula is C22H16N2O3S2. The Morgan fingerprint density at radius 3 is 2.45 bits per heavy atom. The van der Waals surface area contributed by atoms with Crippen molar-refractivity contribution in [3.05, 3.63) is 81.8 Å². The molecule has 0 saturated carbocycles. The van der Waals surface area contributed by atoms with Crippen LogP contribution in [-0.2, 0) is 16.0 Å². The standard InChI is InChI=1S/C22H16N2O3S2/c1-14-2-4-15(5-3-14)10-17(13-23)11-19-21(27)24(22(28)29-19)18-8-6-16(7-9-18)12-20(25)26/h2-11H,12H2,1H3,(H,25,26)/b17-10-,19-11-. The molecule has 1 heterocycles. The van der Waals surface area contributed by atoms with E-state index >= 15 is 0 Å². The first-order valence-electron chi connectivity index (χ1n) is 8.64. The predicted octanol–water partition coefficient (Wildman–Crippen LogP) is 4.48. The van der Waals surface area contributed by atoms with E-state index in [2.05, 4.69) is 6.07 Å². The second-order valence-electron chi connectivity index (χ2n) is 6.38. The van der Waals surface area contributed by atoms with E-state index < -0.39 is 5.97 Å². The van der Waals surface area contributed by atoms with Crippen molar-refractivity contribution >= 4 is 51.9 Å². The zero-order valence-corrected chi connectivity index (χ0v) is 17.1. The van der Waals surface area contributed by atoms with Crippen LogP contribution in [0.15, 0.2) is 65.1 Å². The summed E-state index contributed by atoms with van der Waals surface area (Å²) in [5.74, 6) is -1.23. The summed E-state index contributed by atoms with van der Waals surface area (Å²) in [5, 5.41) is 18.3. The van der Waals surface area contributed by atoms with Crippen molar-refractivity contribution in [2.75, 3.05) is 4.90 Å². The number of nitriles is 1. The number of aryl methyl sites for hydroxylation is 1. The summed E-state index contributed by atoms with van der Waals surface area (Å²) >= 11 is 6.47. The number of thioether (sulfide) groups is 1. The lowest BCUT2D eigenvalue weighted by molar-refractivity contribution is -0.136. The fourth-order valence-corrected chi connectivity index (χ4v) is 4.01. The van der Waals surface area contributed by atoms with Crippen LogP contribution in [0.25, 0.3) is 6.08 Å². The van der Waals surface area contributed by atoms with Gasteiger partial charge in [0.15, 0.2) is 4.32 Å². The number of allylic oxidation sites excluding steroid dienone is 2. The van der Waals surface area contributed by atoms with Gasteiger partial charge in [0.05, 0.1) is 28.7 Å². The van der Waals surface area contributed by atoms with E-state index in [0.29, 0.717) is 26.0 Å². The fraction of sp³-hybridized carbons (Fsp3) is 0.0909. The second kappa shape index (κ2) is 8.86. The third-order valence-electron chi connectivity index (χ3n) is 4.16. The topological polar surface area (TPSA) is 81.4 Å². The van der Waals surface area contributed by atoms with Crippen molar-refractivity contribution < 1.29 is 14.7 Å². The molecule has 0 unspecified atom stereocenters. The van der Waals surface area contributed by atoms with E-state index in [1.54, 1.807) is 30.3 Å². The van der Waals surface area contributed by atoms with Crippen molar-refractivity contribution in [1.29, 1.82) is 5.26 Å². The number of amides is 1.